The number of thioether (sulfide) groups is 1. The van der Waals surface area contributed by atoms with Gasteiger partial charge in [0, 0.05) is 5.56 Å². The van der Waals surface area contributed by atoms with Crippen LogP contribution in [0.1, 0.15) is 20.9 Å². The third-order valence-corrected chi connectivity index (χ3v) is 5.44. The zero-order valence-electron chi connectivity index (χ0n) is 11.9. The molecule has 1 aromatic carbocycles. The number of methoxy groups -OCH3 is 2. The van der Waals surface area contributed by atoms with Crippen molar-refractivity contribution >= 4 is 28.9 Å². The molecule has 0 bridgehead atoms. The number of hydrogen-bond donors (Lipinski definition) is 0. The molecule has 0 radical (unpaired) electrons. The molecule has 0 N–H and O–H groups in total. The molecule has 0 amide bonds. The molecule has 0 fully saturated rings. The SMILES string of the molecule is COc1cc2c(cc1OC)C(=O)[C@@H](Sc1nnc(C)s1)C2. The minimum Gasteiger partial charge on any atom is -0.493 e. The summed E-state index contributed by atoms with van der Waals surface area (Å²) in [5, 5.41) is 8.82. The number of fused-ring (bicyclic) bond motifs is 1. The number of carbonyl (C=O) groups is 1. The van der Waals surface area contributed by atoms with Crippen molar-refractivity contribution in [3.63, 3.8) is 0 Å². The van der Waals surface area contributed by atoms with Gasteiger partial charge in [-0.1, -0.05) is 23.1 Å². The molecule has 0 saturated heterocycles. The predicted octanol–water partition coefficient (Wildman–Crippen LogP) is 2.76. The van der Waals surface area contributed by atoms with Crippen molar-refractivity contribution in [2.75, 3.05) is 14.2 Å². The summed E-state index contributed by atoms with van der Waals surface area (Å²) in [5.41, 5.74) is 1.71. The van der Waals surface area contributed by atoms with E-state index in [1.165, 1.54) is 23.1 Å². The summed E-state index contributed by atoms with van der Waals surface area (Å²) in [6, 6.07) is 3.65. The number of nitrogens with zero attached hydrogens (tertiary/aromatic N) is 2. The molecular formula is C14H14N2O3S2. The van der Waals surface area contributed by atoms with Gasteiger partial charge in [-0.15, -0.1) is 10.2 Å². The normalized spacial score (nSPS) is 16.9. The highest BCUT2D eigenvalue weighted by Gasteiger charge is 2.33. The van der Waals surface area contributed by atoms with Gasteiger partial charge in [-0.2, -0.15) is 0 Å². The first-order valence-corrected chi connectivity index (χ1v) is 8.08. The molecule has 21 heavy (non-hydrogen) atoms. The molecule has 1 aromatic heterocycles. The number of ketones is 1. The molecule has 1 aliphatic rings. The lowest BCUT2D eigenvalue weighted by atomic mass is 10.1. The van der Waals surface area contributed by atoms with Crippen molar-refractivity contribution in [1.82, 2.24) is 10.2 Å². The van der Waals surface area contributed by atoms with Crippen molar-refractivity contribution in [2.24, 2.45) is 0 Å². The molecule has 1 aliphatic carbocycles. The second kappa shape index (κ2) is 5.65. The van der Waals surface area contributed by atoms with E-state index in [4.69, 9.17) is 9.47 Å². The Morgan fingerprint density at radius 1 is 1.24 bits per heavy atom. The van der Waals surface area contributed by atoms with Gasteiger partial charge in [0.25, 0.3) is 0 Å². The number of aromatic nitrogens is 2. The summed E-state index contributed by atoms with van der Waals surface area (Å²) < 4.78 is 11.4. The Hall–Kier alpha value is -1.60. The van der Waals surface area contributed by atoms with E-state index < -0.39 is 0 Å². The first-order valence-electron chi connectivity index (χ1n) is 6.38. The fraction of sp³-hybridized carbons (Fsp3) is 0.357. The molecule has 0 aliphatic heterocycles. The van der Waals surface area contributed by atoms with Crippen LogP contribution in [0, 0.1) is 6.92 Å². The minimum atomic E-state index is -0.149. The highest BCUT2D eigenvalue weighted by Crippen LogP contribution is 2.40. The average molecular weight is 322 g/mol. The zero-order valence-corrected chi connectivity index (χ0v) is 13.5. The van der Waals surface area contributed by atoms with Crippen LogP contribution in [0.25, 0.3) is 0 Å². The monoisotopic (exact) mass is 322 g/mol. The number of hydrogen-bond acceptors (Lipinski definition) is 7. The van der Waals surface area contributed by atoms with Crippen LogP contribution < -0.4 is 9.47 Å². The standard InChI is InChI=1S/C14H14N2O3S2/c1-7-15-16-14(20-7)21-12-5-8-4-10(18-2)11(19-3)6-9(8)13(12)17/h4,6,12H,5H2,1-3H3/t12-/m0/s1. The van der Waals surface area contributed by atoms with Gasteiger partial charge >= 0.3 is 0 Å². The molecule has 5 nitrogen and oxygen atoms in total. The number of benzene rings is 1. The van der Waals surface area contributed by atoms with Crippen molar-refractivity contribution < 1.29 is 14.3 Å². The van der Waals surface area contributed by atoms with Crippen LogP contribution in [0.15, 0.2) is 16.5 Å². The minimum absolute atomic E-state index is 0.115. The van der Waals surface area contributed by atoms with Crippen LogP contribution in [-0.2, 0) is 6.42 Å². The van der Waals surface area contributed by atoms with Crippen molar-refractivity contribution in [2.45, 2.75) is 22.9 Å². The number of ether oxygens (including phenoxy) is 2. The van der Waals surface area contributed by atoms with E-state index in [2.05, 4.69) is 10.2 Å². The van der Waals surface area contributed by atoms with E-state index in [9.17, 15) is 4.79 Å². The molecule has 0 unspecified atom stereocenters. The van der Waals surface area contributed by atoms with E-state index in [0.717, 1.165) is 14.9 Å². The first-order chi connectivity index (χ1) is 10.1. The molecule has 0 spiro atoms. The van der Waals surface area contributed by atoms with E-state index in [0.29, 0.717) is 23.5 Å². The van der Waals surface area contributed by atoms with Crippen LogP contribution >= 0.6 is 23.1 Å². The third-order valence-electron chi connectivity index (χ3n) is 3.32. The van der Waals surface area contributed by atoms with Crippen molar-refractivity contribution in [3.8, 4) is 11.5 Å². The van der Waals surface area contributed by atoms with Gasteiger partial charge in [0.05, 0.1) is 19.5 Å². The largest absolute Gasteiger partial charge is 0.493 e. The Kier molecular flexibility index (Phi) is 3.86. The van der Waals surface area contributed by atoms with Crippen LogP contribution in [0.2, 0.25) is 0 Å². The number of rotatable bonds is 4. The molecular weight excluding hydrogens is 308 g/mol. The summed E-state index contributed by atoms with van der Waals surface area (Å²) in [4.78, 5) is 12.5. The summed E-state index contributed by atoms with van der Waals surface area (Å²) in [6.45, 7) is 1.91. The van der Waals surface area contributed by atoms with Crippen LogP contribution in [0.5, 0.6) is 11.5 Å². The predicted molar refractivity (Wildman–Crippen MR) is 81.9 cm³/mol. The Morgan fingerprint density at radius 2 is 1.95 bits per heavy atom. The highest BCUT2D eigenvalue weighted by molar-refractivity contribution is 8.02. The third kappa shape index (κ3) is 2.63. The average Bonchev–Trinajstić information content (AvgIpc) is 3.02. The Bertz CT molecular complexity index is 700. The van der Waals surface area contributed by atoms with E-state index in [1.807, 2.05) is 13.0 Å². The summed E-state index contributed by atoms with van der Waals surface area (Å²) >= 11 is 2.99. The quantitative estimate of drug-likeness (QED) is 0.862. The summed E-state index contributed by atoms with van der Waals surface area (Å²) in [5.74, 6) is 1.35. The van der Waals surface area contributed by atoms with Crippen LogP contribution in [0.4, 0.5) is 0 Å². The molecule has 7 heteroatoms. The smallest absolute Gasteiger partial charge is 0.177 e. The lowest BCUT2D eigenvalue weighted by molar-refractivity contribution is 0.1000. The summed E-state index contributed by atoms with van der Waals surface area (Å²) in [6.07, 6.45) is 0.678. The van der Waals surface area contributed by atoms with Crippen molar-refractivity contribution in [1.29, 1.82) is 0 Å². The molecule has 2 aromatic rings. The van der Waals surface area contributed by atoms with E-state index in [-0.39, 0.29) is 11.0 Å². The van der Waals surface area contributed by atoms with Gasteiger partial charge < -0.3 is 9.47 Å². The molecule has 110 valence electrons. The van der Waals surface area contributed by atoms with Gasteiger partial charge in [0.1, 0.15) is 5.01 Å². The summed E-state index contributed by atoms with van der Waals surface area (Å²) in [7, 11) is 3.16. The van der Waals surface area contributed by atoms with E-state index in [1.54, 1.807) is 20.3 Å². The maximum Gasteiger partial charge on any atom is 0.177 e. The Balaban J connectivity index is 1.87. The Morgan fingerprint density at radius 3 is 2.57 bits per heavy atom. The van der Waals surface area contributed by atoms with Gasteiger partial charge in [-0.3, -0.25) is 4.79 Å². The van der Waals surface area contributed by atoms with E-state index >= 15 is 0 Å². The maximum absolute atomic E-state index is 12.5. The molecule has 0 saturated carbocycles. The number of Topliss-reactive ketones (excluding diaryl/α,β-unsaturated/α-hetero) is 1. The molecule has 3 rings (SSSR count). The van der Waals surface area contributed by atoms with Crippen molar-refractivity contribution in [3.05, 3.63) is 28.3 Å². The van der Waals surface area contributed by atoms with Gasteiger partial charge in [0.15, 0.2) is 21.6 Å². The number of aryl methyl sites for hydroxylation is 1. The molecule has 1 heterocycles. The second-order valence-corrected chi connectivity index (χ2v) is 7.26. The second-order valence-electron chi connectivity index (χ2n) is 4.63. The van der Waals surface area contributed by atoms with Gasteiger partial charge in [-0.05, 0) is 31.0 Å². The van der Waals surface area contributed by atoms with Crippen LogP contribution in [-0.4, -0.2) is 35.5 Å². The lowest BCUT2D eigenvalue weighted by Gasteiger charge is -2.09. The van der Waals surface area contributed by atoms with Crippen LogP contribution in [0.3, 0.4) is 0 Å². The Labute approximate surface area is 130 Å². The highest BCUT2D eigenvalue weighted by atomic mass is 32.2. The zero-order chi connectivity index (χ0) is 15.0. The first kappa shape index (κ1) is 14.3. The maximum atomic E-state index is 12.5. The molecule has 1 atom stereocenters. The lowest BCUT2D eigenvalue weighted by Crippen LogP contribution is -2.10. The fourth-order valence-corrected chi connectivity index (χ4v) is 4.48. The number of carbonyl (C=O) groups excluding carboxylic acids is 1. The van der Waals surface area contributed by atoms with Gasteiger partial charge in [-0.25, -0.2) is 0 Å². The topological polar surface area (TPSA) is 61.3 Å². The van der Waals surface area contributed by atoms with Gasteiger partial charge in [0.2, 0.25) is 0 Å². The fourth-order valence-electron chi connectivity index (χ4n) is 2.33.